The molecule has 0 radical (unpaired) electrons. The summed E-state index contributed by atoms with van der Waals surface area (Å²) in [5.74, 6) is -0.0511. The fraction of sp³-hybridized carbons (Fsp3) is 0.364. The number of benzene rings is 2. The molecule has 10 heteroatoms. The molecule has 1 fully saturated rings. The van der Waals surface area contributed by atoms with Crippen molar-refractivity contribution in [1.29, 1.82) is 0 Å². The summed E-state index contributed by atoms with van der Waals surface area (Å²) in [4.78, 5) is 17.1. The van der Waals surface area contributed by atoms with Crippen molar-refractivity contribution in [1.82, 2.24) is 10.2 Å². The van der Waals surface area contributed by atoms with Crippen LogP contribution in [-0.4, -0.2) is 54.7 Å². The predicted octanol–water partition coefficient (Wildman–Crippen LogP) is 5.07. The number of halogens is 3. The molecule has 2 aromatic rings. The average molecular weight is 516 g/mol. The lowest BCUT2D eigenvalue weighted by Gasteiger charge is -2.36. The summed E-state index contributed by atoms with van der Waals surface area (Å²) in [6, 6.07) is 10.4. The minimum Gasteiger partial charge on any atom is -0.479 e. The molecule has 0 aromatic heterocycles. The van der Waals surface area contributed by atoms with E-state index in [-0.39, 0.29) is 5.11 Å². The molecule has 1 saturated heterocycles. The third kappa shape index (κ3) is 6.62. The van der Waals surface area contributed by atoms with E-state index in [4.69, 9.17) is 51.8 Å². The van der Waals surface area contributed by atoms with Crippen molar-refractivity contribution in [2.45, 2.75) is 20.0 Å². The van der Waals surface area contributed by atoms with Crippen molar-refractivity contribution in [2.24, 2.45) is 0 Å². The highest BCUT2D eigenvalue weighted by atomic mass is 35.5. The lowest BCUT2D eigenvalue weighted by Crippen LogP contribution is -2.46. The minimum atomic E-state index is -0.818. The Balaban J connectivity index is 1.54. The van der Waals surface area contributed by atoms with E-state index in [2.05, 4.69) is 27.4 Å². The predicted molar refractivity (Wildman–Crippen MR) is 137 cm³/mol. The third-order valence-corrected chi connectivity index (χ3v) is 6.21. The van der Waals surface area contributed by atoms with E-state index in [0.29, 0.717) is 26.5 Å². The first-order chi connectivity index (χ1) is 15.3. The standard InChI is InChI=1S/C22H25Cl3N4O2S/c1-3-28-8-10-29(11-9-28)19-6-5-16(13-17(19)24)26-22(32)27-21(30)14(2)31-20-7-4-15(23)12-18(20)25/h4-7,12-14H,3,8-11H2,1-2H3,(H2,26,27,30,32). The summed E-state index contributed by atoms with van der Waals surface area (Å²) in [7, 11) is 0. The van der Waals surface area contributed by atoms with Gasteiger partial charge in [-0.1, -0.05) is 41.7 Å². The first-order valence-corrected chi connectivity index (χ1v) is 11.8. The molecule has 1 amide bonds. The van der Waals surface area contributed by atoms with Crippen LogP contribution in [0.1, 0.15) is 13.8 Å². The fourth-order valence-corrected chi connectivity index (χ4v) is 4.31. The largest absolute Gasteiger partial charge is 0.479 e. The molecule has 1 aliphatic rings. The molecule has 0 spiro atoms. The molecule has 0 bridgehead atoms. The maximum absolute atomic E-state index is 12.4. The van der Waals surface area contributed by atoms with Crippen LogP contribution in [0.2, 0.25) is 15.1 Å². The van der Waals surface area contributed by atoms with Gasteiger partial charge in [0, 0.05) is 36.9 Å². The Morgan fingerprint density at radius 2 is 1.81 bits per heavy atom. The summed E-state index contributed by atoms with van der Waals surface area (Å²) < 4.78 is 5.61. The lowest BCUT2D eigenvalue weighted by atomic mass is 10.2. The smallest absolute Gasteiger partial charge is 0.266 e. The number of hydrogen-bond donors (Lipinski definition) is 2. The average Bonchev–Trinajstić information content (AvgIpc) is 2.75. The second-order valence-electron chi connectivity index (χ2n) is 7.37. The first kappa shape index (κ1) is 24.9. The number of amides is 1. The zero-order valence-electron chi connectivity index (χ0n) is 17.8. The van der Waals surface area contributed by atoms with Crippen molar-refractivity contribution in [2.75, 3.05) is 42.9 Å². The summed E-state index contributed by atoms with van der Waals surface area (Å²) in [5.41, 5.74) is 1.68. The van der Waals surface area contributed by atoms with Gasteiger partial charge in [0.25, 0.3) is 5.91 Å². The van der Waals surface area contributed by atoms with Gasteiger partial charge in [0.15, 0.2) is 11.2 Å². The van der Waals surface area contributed by atoms with Gasteiger partial charge in [-0.3, -0.25) is 10.1 Å². The molecule has 0 aliphatic carbocycles. The molecule has 1 heterocycles. The number of anilines is 2. The maximum atomic E-state index is 12.4. The van der Waals surface area contributed by atoms with Crippen molar-refractivity contribution >= 4 is 69.4 Å². The van der Waals surface area contributed by atoms with E-state index >= 15 is 0 Å². The van der Waals surface area contributed by atoms with Gasteiger partial charge < -0.3 is 19.9 Å². The van der Waals surface area contributed by atoms with Crippen molar-refractivity contribution in [3.05, 3.63) is 51.5 Å². The summed E-state index contributed by atoms with van der Waals surface area (Å²) in [6.07, 6.45) is -0.818. The highest BCUT2D eigenvalue weighted by Crippen LogP contribution is 2.30. The quantitative estimate of drug-likeness (QED) is 0.524. The van der Waals surface area contributed by atoms with Crippen LogP contribution in [0.4, 0.5) is 11.4 Å². The molecule has 32 heavy (non-hydrogen) atoms. The zero-order valence-corrected chi connectivity index (χ0v) is 20.9. The number of thiocarbonyl (C=S) groups is 1. The molecule has 0 saturated carbocycles. The molecule has 1 atom stereocenters. The maximum Gasteiger partial charge on any atom is 0.266 e. The van der Waals surface area contributed by atoms with E-state index in [1.807, 2.05) is 12.1 Å². The summed E-state index contributed by atoms with van der Waals surface area (Å²) in [5, 5.41) is 7.18. The number of rotatable bonds is 6. The van der Waals surface area contributed by atoms with Gasteiger partial charge in [-0.15, -0.1) is 0 Å². The molecule has 2 aromatic carbocycles. The molecule has 6 nitrogen and oxygen atoms in total. The first-order valence-electron chi connectivity index (χ1n) is 10.3. The number of piperazine rings is 1. The van der Waals surface area contributed by atoms with Gasteiger partial charge in [0.2, 0.25) is 0 Å². The van der Waals surface area contributed by atoms with Gasteiger partial charge in [-0.2, -0.15) is 0 Å². The lowest BCUT2D eigenvalue weighted by molar-refractivity contribution is -0.125. The Bertz CT molecular complexity index is 984. The molecule has 1 aliphatic heterocycles. The molecular weight excluding hydrogens is 491 g/mol. The Kier molecular flexibility index (Phi) is 8.85. The topological polar surface area (TPSA) is 56.8 Å². The van der Waals surface area contributed by atoms with Crippen LogP contribution in [0, 0.1) is 0 Å². The van der Waals surface area contributed by atoms with E-state index in [1.165, 1.54) is 0 Å². The van der Waals surface area contributed by atoms with Gasteiger partial charge in [-0.05, 0) is 62.1 Å². The van der Waals surface area contributed by atoms with Crippen LogP contribution in [0.5, 0.6) is 5.75 Å². The van der Waals surface area contributed by atoms with Crippen LogP contribution < -0.4 is 20.3 Å². The second-order valence-corrected chi connectivity index (χ2v) is 9.02. The Morgan fingerprint density at radius 3 is 2.44 bits per heavy atom. The van der Waals surface area contributed by atoms with Crippen molar-refractivity contribution in [3.8, 4) is 5.75 Å². The number of ether oxygens (including phenoxy) is 1. The fourth-order valence-electron chi connectivity index (χ4n) is 3.34. The third-order valence-electron chi connectivity index (χ3n) is 5.17. The number of carbonyl (C=O) groups is 1. The zero-order chi connectivity index (χ0) is 23.3. The van der Waals surface area contributed by atoms with Crippen LogP contribution in [0.3, 0.4) is 0 Å². The number of likely N-dealkylation sites (N-methyl/N-ethyl adjacent to an activating group) is 1. The van der Waals surface area contributed by atoms with Gasteiger partial charge in [-0.25, -0.2) is 0 Å². The number of nitrogens with one attached hydrogen (secondary N) is 2. The van der Waals surface area contributed by atoms with Crippen LogP contribution in [0.15, 0.2) is 36.4 Å². The normalized spacial score (nSPS) is 15.2. The number of hydrogen-bond acceptors (Lipinski definition) is 5. The molecule has 1 unspecified atom stereocenters. The van der Waals surface area contributed by atoms with Crippen LogP contribution in [0.25, 0.3) is 0 Å². The van der Waals surface area contributed by atoms with E-state index < -0.39 is 12.0 Å². The van der Waals surface area contributed by atoms with Crippen molar-refractivity contribution in [3.63, 3.8) is 0 Å². The summed E-state index contributed by atoms with van der Waals surface area (Å²) >= 11 is 23.8. The highest BCUT2D eigenvalue weighted by molar-refractivity contribution is 7.80. The molecular formula is C22H25Cl3N4O2S. The minimum absolute atomic E-state index is 0.146. The van der Waals surface area contributed by atoms with Crippen LogP contribution >= 0.6 is 47.0 Å². The Hall–Kier alpha value is -1.77. The molecule has 3 rings (SSSR count). The van der Waals surface area contributed by atoms with Crippen LogP contribution in [-0.2, 0) is 4.79 Å². The second kappa shape index (κ2) is 11.4. The highest BCUT2D eigenvalue weighted by Gasteiger charge is 2.19. The SMILES string of the molecule is CCN1CCN(c2ccc(NC(=S)NC(=O)C(C)Oc3ccc(Cl)cc3Cl)cc2Cl)CC1. The van der Waals surface area contributed by atoms with E-state index in [1.54, 1.807) is 31.2 Å². The van der Waals surface area contributed by atoms with Crippen molar-refractivity contribution < 1.29 is 9.53 Å². The Labute approximate surface area is 208 Å². The van der Waals surface area contributed by atoms with Gasteiger partial charge in [0.1, 0.15) is 5.75 Å². The van der Waals surface area contributed by atoms with E-state index in [9.17, 15) is 4.79 Å². The van der Waals surface area contributed by atoms with Gasteiger partial charge in [0.05, 0.1) is 15.7 Å². The number of carbonyl (C=O) groups excluding carboxylic acids is 1. The summed E-state index contributed by atoms with van der Waals surface area (Å²) in [6.45, 7) is 8.74. The number of nitrogens with zero attached hydrogens (tertiary/aromatic N) is 2. The van der Waals surface area contributed by atoms with Gasteiger partial charge >= 0.3 is 0 Å². The van der Waals surface area contributed by atoms with E-state index in [0.717, 1.165) is 38.4 Å². The monoisotopic (exact) mass is 514 g/mol. The molecule has 172 valence electrons. The molecule has 2 N–H and O–H groups in total. The Morgan fingerprint density at radius 1 is 1.09 bits per heavy atom.